The van der Waals surface area contributed by atoms with E-state index in [4.69, 9.17) is 0 Å². The van der Waals surface area contributed by atoms with Gasteiger partial charge in [-0.15, -0.1) is 0 Å². The van der Waals surface area contributed by atoms with Crippen LogP contribution in [0.1, 0.15) is 17.9 Å². The van der Waals surface area contributed by atoms with Crippen LogP contribution in [-0.2, 0) is 9.53 Å². The molecule has 0 amide bonds. The number of rotatable bonds is 2. The molecule has 2 rings (SSSR count). The highest BCUT2D eigenvalue weighted by molar-refractivity contribution is 5.84. The van der Waals surface area contributed by atoms with Gasteiger partial charge >= 0.3 is 5.97 Å². The van der Waals surface area contributed by atoms with E-state index in [2.05, 4.69) is 16.9 Å². The molecule has 0 radical (unpaired) electrons. The van der Waals surface area contributed by atoms with E-state index in [0.29, 0.717) is 5.92 Å². The zero-order valence-electron chi connectivity index (χ0n) is 8.07. The van der Waals surface area contributed by atoms with Crippen LogP contribution in [-0.4, -0.2) is 13.1 Å². The second kappa shape index (κ2) is 3.66. The second-order valence-electron chi connectivity index (χ2n) is 3.41. The van der Waals surface area contributed by atoms with E-state index in [-0.39, 0.29) is 5.97 Å². The number of allylic oxidation sites excluding steroid dienone is 1. The molecular weight excluding hydrogens is 176 g/mol. The first kappa shape index (κ1) is 9.00. The van der Waals surface area contributed by atoms with Crippen LogP contribution in [0.4, 0.5) is 0 Å². The van der Waals surface area contributed by atoms with E-state index < -0.39 is 0 Å². The Balaban J connectivity index is 2.07. The molecule has 0 unspecified atom stereocenters. The lowest BCUT2D eigenvalue weighted by Crippen LogP contribution is -1.93. The Labute approximate surface area is 83.2 Å². The first-order chi connectivity index (χ1) is 6.81. The van der Waals surface area contributed by atoms with Crippen molar-refractivity contribution in [3.05, 3.63) is 47.5 Å². The summed E-state index contributed by atoms with van der Waals surface area (Å²) < 4.78 is 4.57. The molecular formula is C12H12O2. The number of hydrogen-bond acceptors (Lipinski definition) is 2. The SMILES string of the molecule is COC(=O)/C=C1\C[C@H]1c1ccccc1. The molecule has 0 spiro atoms. The Bertz CT molecular complexity index is 365. The van der Waals surface area contributed by atoms with Crippen molar-refractivity contribution in [2.75, 3.05) is 7.11 Å². The maximum absolute atomic E-state index is 10.9. The molecule has 0 aliphatic heterocycles. The van der Waals surface area contributed by atoms with Crippen molar-refractivity contribution in [3.8, 4) is 0 Å². The topological polar surface area (TPSA) is 26.3 Å². The molecule has 0 bridgehead atoms. The summed E-state index contributed by atoms with van der Waals surface area (Å²) in [5, 5.41) is 0. The van der Waals surface area contributed by atoms with Crippen LogP contribution in [0.25, 0.3) is 0 Å². The van der Waals surface area contributed by atoms with Crippen LogP contribution in [0.5, 0.6) is 0 Å². The Hall–Kier alpha value is -1.57. The van der Waals surface area contributed by atoms with Gasteiger partial charge in [-0.25, -0.2) is 4.79 Å². The smallest absolute Gasteiger partial charge is 0.330 e. The molecule has 1 aromatic carbocycles. The molecule has 2 heteroatoms. The van der Waals surface area contributed by atoms with E-state index >= 15 is 0 Å². The number of hydrogen-bond donors (Lipinski definition) is 0. The van der Waals surface area contributed by atoms with Crippen LogP contribution >= 0.6 is 0 Å². The van der Waals surface area contributed by atoms with Gasteiger partial charge in [0, 0.05) is 12.0 Å². The molecule has 1 aliphatic rings. The average molecular weight is 188 g/mol. The summed E-state index contributed by atoms with van der Waals surface area (Å²) in [5.41, 5.74) is 2.45. The summed E-state index contributed by atoms with van der Waals surface area (Å²) in [6.07, 6.45) is 2.58. The zero-order chi connectivity index (χ0) is 9.97. The van der Waals surface area contributed by atoms with Crippen molar-refractivity contribution in [2.24, 2.45) is 0 Å². The molecule has 1 aromatic rings. The van der Waals surface area contributed by atoms with Crippen LogP contribution in [0.3, 0.4) is 0 Å². The number of carbonyl (C=O) groups is 1. The third-order valence-electron chi connectivity index (χ3n) is 2.43. The first-order valence-corrected chi connectivity index (χ1v) is 4.64. The fourth-order valence-electron chi connectivity index (χ4n) is 1.56. The third kappa shape index (κ3) is 1.84. The first-order valence-electron chi connectivity index (χ1n) is 4.64. The van der Waals surface area contributed by atoms with Crippen molar-refractivity contribution in [1.82, 2.24) is 0 Å². The van der Waals surface area contributed by atoms with Crippen molar-refractivity contribution in [1.29, 1.82) is 0 Å². The molecule has 1 saturated carbocycles. The Morgan fingerprint density at radius 3 is 2.79 bits per heavy atom. The number of esters is 1. The average Bonchev–Trinajstić information content (AvgIpc) is 2.98. The molecule has 0 saturated heterocycles. The maximum atomic E-state index is 10.9. The minimum absolute atomic E-state index is 0.251. The molecule has 72 valence electrons. The number of benzene rings is 1. The quantitative estimate of drug-likeness (QED) is 0.525. The minimum Gasteiger partial charge on any atom is -0.466 e. The lowest BCUT2D eigenvalue weighted by Gasteiger charge is -1.94. The van der Waals surface area contributed by atoms with E-state index in [1.807, 2.05) is 18.2 Å². The molecule has 0 heterocycles. The lowest BCUT2D eigenvalue weighted by atomic mass is 10.1. The minimum atomic E-state index is -0.251. The largest absolute Gasteiger partial charge is 0.466 e. The van der Waals surface area contributed by atoms with Gasteiger partial charge in [0.1, 0.15) is 0 Å². The Morgan fingerprint density at radius 1 is 1.43 bits per heavy atom. The highest BCUT2D eigenvalue weighted by Gasteiger charge is 2.31. The molecule has 0 N–H and O–H groups in total. The van der Waals surface area contributed by atoms with Gasteiger partial charge in [0.2, 0.25) is 0 Å². The summed E-state index contributed by atoms with van der Waals surface area (Å²) in [4.78, 5) is 10.9. The van der Waals surface area contributed by atoms with Gasteiger partial charge in [0.25, 0.3) is 0 Å². The van der Waals surface area contributed by atoms with E-state index in [1.165, 1.54) is 18.2 Å². The summed E-state index contributed by atoms with van der Waals surface area (Å²) in [6.45, 7) is 0. The van der Waals surface area contributed by atoms with Gasteiger partial charge in [0.15, 0.2) is 0 Å². The summed E-state index contributed by atoms with van der Waals surface area (Å²) in [7, 11) is 1.40. The number of ether oxygens (including phenoxy) is 1. The number of methoxy groups -OCH3 is 1. The number of carbonyl (C=O) groups excluding carboxylic acids is 1. The van der Waals surface area contributed by atoms with Gasteiger partial charge in [0.05, 0.1) is 7.11 Å². The maximum Gasteiger partial charge on any atom is 0.330 e. The van der Waals surface area contributed by atoms with E-state index in [9.17, 15) is 4.79 Å². The van der Waals surface area contributed by atoms with Crippen molar-refractivity contribution < 1.29 is 9.53 Å². The highest BCUT2D eigenvalue weighted by atomic mass is 16.5. The van der Waals surface area contributed by atoms with Crippen LogP contribution in [0.2, 0.25) is 0 Å². The monoisotopic (exact) mass is 188 g/mol. The van der Waals surface area contributed by atoms with Crippen LogP contribution in [0, 0.1) is 0 Å². The molecule has 1 atom stereocenters. The lowest BCUT2D eigenvalue weighted by molar-refractivity contribution is -0.134. The Kier molecular flexibility index (Phi) is 2.35. The molecule has 1 aliphatic carbocycles. The normalized spacial score (nSPS) is 22.1. The van der Waals surface area contributed by atoms with Crippen molar-refractivity contribution >= 4 is 5.97 Å². The molecule has 2 nitrogen and oxygen atoms in total. The highest BCUT2D eigenvalue weighted by Crippen LogP contribution is 2.46. The predicted octanol–water partition coefficient (Wildman–Crippen LogP) is 2.27. The van der Waals surface area contributed by atoms with E-state index in [0.717, 1.165) is 6.42 Å². The summed E-state index contributed by atoms with van der Waals surface area (Å²) >= 11 is 0. The van der Waals surface area contributed by atoms with Crippen molar-refractivity contribution in [2.45, 2.75) is 12.3 Å². The molecule has 14 heavy (non-hydrogen) atoms. The van der Waals surface area contributed by atoms with Gasteiger partial charge in [-0.05, 0) is 12.0 Å². The van der Waals surface area contributed by atoms with Gasteiger partial charge in [-0.1, -0.05) is 35.9 Å². The van der Waals surface area contributed by atoms with Crippen molar-refractivity contribution in [3.63, 3.8) is 0 Å². The van der Waals surface area contributed by atoms with Crippen LogP contribution < -0.4 is 0 Å². The standard InChI is InChI=1S/C12H12O2/c1-14-12(13)8-10-7-11(10)9-5-3-2-4-6-9/h2-6,8,11H,7H2,1H3/b10-8+/t11-/m0/s1. The summed E-state index contributed by atoms with van der Waals surface area (Å²) in [5.74, 6) is 0.189. The predicted molar refractivity (Wildman–Crippen MR) is 53.9 cm³/mol. The Morgan fingerprint density at radius 2 is 2.14 bits per heavy atom. The van der Waals surface area contributed by atoms with Gasteiger partial charge in [-0.3, -0.25) is 0 Å². The van der Waals surface area contributed by atoms with E-state index in [1.54, 1.807) is 6.08 Å². The second-order valence-corrected chi connectivity index (χ2v) is 3.41. The fourth-order valence-corrected chi connectivity index (χ4v) is 1.56. The third-order valence-corrected chi connectivity index (χ3v) is 2.43. The fraction of sp³-hybridized carbons (Fsp3) is 0.250. The van der Waals surface area contributed by atoms with Gasteiger partial charge < -0.3 is 4.74 Å². The molecule has 0 aromatic heterocycles. The summed E-state index contributed by atoms with van der Waals surface area (Å²) in [6, 6.07) is 10.2. The van der Waals surface area contributed by atoms with Gasteiger partial charge in [-0.2, -0.15) is 0 Å². The molecule has 1 fully saturated rings. The zero-order valence-corrected chi connectivity index (χ0v) is 8.07. The van der Waals surface area contributed by atoms with Crippen LogP contribution in [0.15, 0.2) is 42.0 Å².